The number of benzene rings is 1. The highest BCUT2D eigenvalue weighted by atomic mass is 16.6. The highest BCUT2D eigenvalue weighted by Crippen LogP contribution is 2.36. The molecule has 0 saturated carbocycles. The summed E-state index contributed by atoms with van der Waals surface area (Å²) in [5.41, 5.74) is 0.435. The van der Waals surface area contributed by atoms with Gasteiger partial charge in [-0.25, -0.2) is 4.79 Å². The van der Waals surface area contributed by atoms with Crippen LogP contribution in [0.5, 0.6) is 11.5 Å². The van der Waals surface area contributed by atoms with Crippen LogP contribution in [0.4, 0.5) is 5.69 Å². The Hall–Kier alpha value is -2.24. The van der Waals surface area contributed by atoms with Crippen LogP contribution in [-0.4, -0.2) is 31.7 Å². The molecule has 1 aromatic carbocycles. The molecule has 1 aliphatic heterocycles. The number of ether oxygens (including phenoxy) is 3. The zero-order chi connectivity index (χ0) is 13.1. The predicted octanol–water partition coefficient (Wildman–Crippen LogP) is 0.958. The SMILES string of the molecule is COC(=O)C(C)Oc1cccc2c1NC(=O)CO2. The molecule has 1 unspecified atom stereocenters. The van der Waals surface area contributed by atoms with Crippen LogP contribution >= 0.6 is 0 Å². The van der Waals surface area contributed by atoms with Crippen molar-refractivity contribution in [2.45, 2.75) is 13.0 Å². The summed E-state index contributed by atoms with van der Waals surface area (Å²) in [4.78, 5) is 22.6. The van der Waals surface area contributed by atoms with Gasteiger partial charge in [-0.3, -0.25) is 4.79 Å². The number of nitrogens with one attached hydrogen (secondary N) is 1. The third-order valence-electron chi connectivity index (χ3n) is 2.45. The second-order valence-electron chi connectivity index (χ2n) is 3.75. The maximum Gasteiger partial charge on any atom is 0.346 e. The minimum absolute atomic E-state index is 0.0248. The standard InChI is InChI=1S/C12H13NO5/c1-7(12(15)16-2)18-9-5-3-4-8-11(9)13-10(14)6-17-8/h3-5,7H,6H2,1-2H3,(H,13,14). The second-order valence-corrected chi connectivity index (χ2v) is 3.75. The Balaban J connectivity index is 2.23. The van der Waals surface area contributed by atoms with Gasteiger partial charge >= 0.3 is 5.97 Å². The monoisotopic (exact) mass is 251 g/mol. The first kappa shape index (κ1) is 12.2. The fourth-order valence-corrected chi connectivity index (χ4v) is 1.58. The van der Waals surface area contributed by atoms with Crippen LogP contribution < -0.4 is 14.8 Å². The van der Waals surface area contributed by atoms with Gasteiger partial charge in [0.05, 0.1) is 7.11 Å². The average Bonchev–Trinajstić information content (AvgIpc) is 2.38. The molecule has 0 radical (unpaired) electrons. The average molecular weight is 251 g/mol. The number of carbonyl (C=O) groups excluding carboxylic acids is 2. The van der Waals surface area contributed by atoms with Crippen LogP contribution in [0.3, 0.4) is 0 Å². The van der Waals surface area contributed by atoms with Crippen molar-refractivity contribution in [3.63, 3.8) is 0 Å². The van der Waals surface area contributed by atoms with Crippen molar-refractivity contribution in [1.82, 2.24) is 0 Å². The quantitative estimate of drug-likeness (QED) is 0.810. The van der Waals surface area contributed by atoms with Crippen molar-refractivity contribution in [3.8, 4) is 11.5 Å². The number of amides is 1. The van der Waals surface area contributed by atoms with E-state index in [1.165, 1.54) is 7.11 Å². The molecule has 6 heteroatoms. The van der Waals surface area contributed by atoms with Crippen LogP contribution in [-0.2, 0) is 14.3 Å². The van der Waals surface area contributed by atoms with E-state index >= 15 is 0 Å². The molecule has 1 N–H and O–H groups in total. The molecular formula is C12H13NO5. The summed E-state index contributed by atoms with van der Waals surface area (Å²) in [6.07, 6.45) is -0.764. The van der Waals surface area contributed by atoms with E-state index in [1.54, 1.807) is 25.1 Å². The molecule has 1 atom stereocenters. The smallest absolute Gasteiger partial charge is 0.346 e. The van der Waals surface area contributed by atoms with Gasteiger partial charge < -0.3 is 19.5 Å². The summed E-state index contributed by atoms with van der Waals surface area (Å²) in [7, 11) is 1.29. The maximum absolute atomic E-state index is 11.3. The van der Waals surface area contributed by atoms with E-state index < -0.39 is 12.1 Å². The number of hydrogen-bond acceptors (Lipinski definition) is 5. The van der Waals surface area contributed by atoms with Crippen LogP contribution in [0.25, 0.3) is 0 Å². The van der Waals surface area contributed by atoms with E-state index in [2.05, 4.69) is 10.1 Å². The molecule has 96 valence electrons. The van der Waals surface area contributed by atoms with Gasteiger partial charge in [0.25, 0.3) is 5.91 Å². The Morgan fingerprint density at radius 3 is 3.00 bits per heavy atom. The molecule has 0 aliphatic carbocycles. The third-order valence-corrected chi connectivity index (χ3v) is 2.45. The molecule has 0 bridgehead atoms. The minimum atomic E-state index is -0.764. The maximum atomic E-state index is 11.3. The van der Waals surface area contributed by atoms with Crippen LogP contribution in [0.1, 0.15) is 6.92 Å². The van der Waals surface area contributed by atoms with Gasteiger partial charge in [0, 0.05) is 0 Å². The number of hydrogen-bond donors (Lipinski definition) is 1. The molecular weight excluding hydrogens is 238 g/mol. The van der Waals surface area contributed by atoms with Gasteiger partial charge in [0.15, 0.2) is 12.7 Å². The van der Waals surface area contributed by atoms with E-state index in [0.29, 0.717) is 17.2 Å². The van der Waals surface area contributed by atoms with Crippen molar-refractivity contribution in [2.75, 3.05) is 19.0 Å². The van der Waals surface area contributed by atoms with Crippen molar-refractivity contribution in [2.24, 2.45) is 0 Å². The first-order valence-electron chi connectivity index (χ1n) is 5.42. The summed E-state index contributed by atoms with van der Waals surface area (Å²) < 4.78 is 15.2. The predicted molar refractivity (Wildman–Crippen MR) is 62.7 cm³/mol. The summed E-state index contributed by atoms with van der Waals surface area (Å²) in [6, 6.07) is 5.08. The highest BCUT2D eigenvalue weighted by molar-refractivity contribution is 5.97. The first-order chi connectivity index (χ1) is 8.61. The molecule has 18 heavy (non-hydrogen) atoms. The number of rotatable bonds is 3. The first-order valence-corrected chi connectivity index (χ1v) is 5.42. The fraction of sp³-hybridized carbons (Fsp3) is 0.333. The number of para-hydroxylation sites is 1. The number of esters is 1. The Bertz CT molecular complexity index is 485. The minimum Gasteiger partial charge on any atom is -0.481 e. The number of anilines is 1. The van der Waals surface area contributed by atoms with Gasteiger partial charge in [-0.1, -0.05) is 6.07 Å². The van der Waals surface area contributed by atoms with Gasteiger partial charge in [0.2, 0.25) is 0 Å². The lowest BCUT2D eigenvalue weighted by atomic mass is 10.2. The summed E-state index contributed by atoms with van der Waals surface area (Å²) in [6.45, 7) is 1.54. The van der Waals surface area contributed by atoms with Crippen molar-refractivity contribution < 1.29 is 23.8 Å². The molecule has 1 aromatic rings. The number of carbonyl (C=O) groups is 2. The molecule has 6 nitrogen and oxygen atoms in total. The number of methoxy groups -OCH3 is 1. The Kier molecular flexibility index (Phi) is 3.36. The van der Waals surface area contributed by atoms with Gasteiger partial charge in [0.1, 0.15) is 17.2 Å². The van der Waals surface area contributed by atoms with Gasteiger partial charge in [-0.2, -0.15) is 0 Å². The Labute approximate surface area is 104 Å². The largest absolute Gasteiger partial charge is 0.481 e. The molecule has 0 fully saturated rings. The van der Waals surface area contributed by atoms with Gasteiger partial charge in [-0.05, 0) is 19.1 Å². The van der Waals surface area contributed by atoms with Gasteiger partial charge in [-0.15, -0.1) is 0 Å². The van der Waals surface area contributed by atoms with Crippen LogP contribution in [0, 0.1) is 0 Å². The topological polar surface area (TPSA) is 73.9 Å². The highest BCUT2D eigenvalue weighted by Gasteiger charge is 2.22. The van der Waals surface area contributed by atoms with E-state index in [9.17, 15) is 9.59 Å². The summed E-state index contributed by atoms with van der Waals surface area (Å²) >= 11 is 0. The zero-order valence-electron chi connectivity index (χ0n) is 10.1. The lowest BCUT2D eigenvalue weighted by Crippen LogP contribution is -2.28. The molecule has 0 aromatic heterocycles. The lowest BCUT2D eigenvalue weighted by molar-refractivity contribution is -0.147. The fourth-order valence-electron chi connectivity index (χ4n) is 1.58. The van der Waals surface area contributed by atoms with Crippen molar-refractivity contribution in [1.29, 1.82) is 0 Å². The summed E-state index contributed by atoms with van der Waals surface area (Å²) in [5.74, 6) is 0.141. The molecule has 1 aliphatic rings. The van der Waals surface area contributed by atoms with Crippen LogP contribution in [0.2, 0.25) is 0 Å². The van der Waals surface area contributed by atoms with E-state index in [1.807, 2.05) is 0 Å². The lowest BCUT2D eigenvalue weighted by Gasteiger charge is -2.22. The molecule has 1 heterocycles. The molecule has 0 saturated heterocycles. The third kappa shape index (κ3) is 2.37. The van der Waals surface area contributed by atoms with E-state index in [0.717, 1.165) is 0 Å². The Morgan fingerprint density at radius 1 is 1.50 bits per heavy atom. The van der Waals surface area contributed by atoms with Crippen molar-refractivity contribution >= 4 is 17.6 Å². The second kappa shape index (κ2) is 4.95. The molecule has 0 spiro atoms. The van der Waals surface area contributed by atoms with E-state index in [4.69, 9.17) is 9.47 Å². The normalized spacial score (nSPS) is 14.9. The Morgan fingerprint density at radius 2 is 2.28 bits per heavy atom. The summed E-state index contributed by atoms with van der Waals surface area (Å²) in [5, 5.41) is 2.65. The van der Waals surface area contributed by atoms with Crippen molar-refractivity contribution in [3.05, 3.63) is 18.2 Å². The molecule has 2 rings (SSSR count). The number of fused-ring (bicyclic) bond motifs is 1. The molecule has 1 amide bonds. The zero-order valence-corrected chi connectivity index (χ0v) is 10.1. The van der Waals surface area contributed by atoms with E-state index in [-0.39, 0.29) is 12.5 Å². The van der Waals surface area contributed by atoms with Crippen LogP contribution in [0.15, 0.2) is 18.2 Å².